The van der Waals surface area contributed by atoms with Crippen LogP contribution in [0.3, 0.4) is 0 Å². The molecule has 0 aromatic heterocycles. The molecule has 1 aromatic rings. The molecule has 0 saturated heterocycles. The van der Waals surface area contributed by atoms with Gasteiger partial charge < -0.3 is 16.2 Å². The minimum Gasteiger partial charge on any atom is -0.388 e. The van der Waals surface area contributed by atoms with Gasteiger partial charge in [-0.15, -0.1) is 0 Å². The van der Waals surface area contributed by atoms with Gasteiger partial charge in [0.15, 0.2) is 0 Å². The third-order valence-electron chi connectivity index (χ3n) is 2.40. The summed E-state index contributed by atoms with van der Waals surface area (Å²) in [5.74, 6) is 0. The van der Waals surface area contributed by atoms with Crippen LogP contribution in [0.25, 0.3) is 0 Å². The third kappa shape index (κ3) is 4.48. The van der Waals surface area contributed by atoms with Crippen molar-refractivity contribution in [3.63, 3.8) is 0 Å². The van der Waals surface area contributed by atoms with Gasteiger partial charge in [-0.1, -0.05) is 0 Å². The predicted octanol–water partition coefficient (Wildman–Crippen LogP) is 0.567. The van der Waals surface area contributed by atoms with Crippen molar-refractivity contribution in [3.8, 4) is 0 Å². The van der Waals surface area contributed by atoms with Crippen LogP contribution in [0.5, 0.6) is 0 Å². The van der Waals surface area contributed by atoms with Crippen LogP contribution >= 0.6 is 0 Å². The highest BCUT2D eigenvalue weighted by Gasteiger charge is 2.09. The van der Waals surface area contributed by atoms with E-state index in [1.54, 1.807) is 12.1 Å². The summed E-state index contributed by atoms with van der Waals surface area (Å²) in [6, 6.07) is 5.94. The molecule has 1 unspecified atom stereocenters. The van der Waals surface area contributed by atoms with E-state index in [1.807, 2.05) is 0 Å². The van der Waals surface area contributed by atoms with Crippen LogP contribution in [0.4, 0.5) is 5.69 Å². The van der Waals surface area contributed by atoms with E-state index in [-0.39, 0.29) is 5.69 Å². The lowest BCUT2D eigenvalue weighted by atomic mass is 10.1. The highest BCUT2D eigenvalue weighted by molar-refractivity contribution is 5.33. The van der Waals surface area contributed by atoms with E-state index in [0.29, 0.717) is 31.6 Å². The minimum atomic E-state index is -0.610. The van der Waals surface area contributed by atoms with Crippen LogP contribution in [0.1, 0.15) is 18.1 Å². The van der Waals surface area contributed by atoms with Crippen molar-refractivity contribution in [2.24, 2.45) is 5.73 Å². The molecule has 6 heteroatoms. The number of nitrogens with two attached hydrogens (primary N) is 1. The van der Waals surface area contributed by atoms with Gasteiger partial charge >= 0.3 is 0 Å². The van der Waals surface area contributed by atoms with E-state index in [2.05, 4.69) is 5.32 Å². The maximum atomic E-state index is 10.4. The molecule has 0 aliphatic carbocycles. The van der Waals surface area contributed by atoms with Crippen LogP contribution in [-0.4, -0.2) is 29.7 Å². The Hall–Kier alpha value is -1.50. The Balaban J connectivity index is 2.46. The predicted molar refractivity (Wildman–Crippen MR) is 64.6 cm³/mol. The first-order chi connectivity index (χ1) is 8.15. The molecule has 0 saturated carbocycles. The van der Waals surface area contributed by atoms with Gasteiger partial charge in [-0.05, 0) is 30.7 Å². The number of aliphatic hydroxyl groups excluding tert-OH is 1. The van der Waals surface area contributed by atoms with Gasteiger partial charge in [0.2, 0.25) is 0 Å². The molecule has 6 nitrogen and oxygen atoms in total. The summed E-state index contributed by atoms with van der Waals surface area (Å²) in [5.41, 5.74) is 6.03. The fraction of sp³-hybridized carbons (Fsp3) is 0.455. The Morgan fingerprint density at radius 3 is 2.53 bits per heavy atom. The van der Waals surface area contributed by atoms with Crippen LogP contribution in [-0.2, 0) is 0 Å². The maximum absolute atomic E-state index is 10.4. The summed E-state index contributed by atoms with van der Waals surface area (Å²) in [5, 5.41) is 23.3. The zero-order valence-electron chi connectivity index (χ0n) is 9.50. The van der Waals surface area contributed by atoms with E-state index in [1.165, 1.54) is 12.1 Å². The number of aliphatic hydroxyl groups is 1. The second kappa shape index (κ2) is 6.95. The number of hydrogen-bond donors (Lipinski definition) is 3. The molecule has 0 aliphatic rings. The highest BCUT2D eigenvalue weighted by Crippen LogP contribution is 2.19. The van der Waals surface area contributed by atoms with Crippen LogP contribution in [0, 0.1) is 10.1 Å². The van der Waals surface area contributed by atoms with E-state index in [0.717, 1.165) is 0 Å². The van der Waals surface area contributed by atoms with Gasteiger partial charge in [-0.25, -0.2) is 0 Å². The molecule has 1 aromatic carbocycles. The number of rotatable bonds is 7. The van der Waals surface area contributed by atoms with Gasteiger partial charge in [-0.2, -0.15) is 0 Å². The van der Waals surface area contributed by atoms with Gasteiger partial charge in [0.1, 0.15) is 0 Å². The summed E-state index contributed by atoms with van der Waals surface area (Å²) in [6.45, 7) is 1.94. The zero-order valence-corrected chi connectivity index (χ0v) is 9.50. The summed E-state index contributed by atoms with van der Waals surface area (Å²) < 4.78 is 0. The quantitative estimate of drug-likeness (QED) is 0.367. The van der Waals surface area contributed by atoms with E-state index >= 15 is 0 Å². The summed E-state index contributed by atoms with van der Waals surface area (Å²) >= 11 is 0. The molecule has 0 amide bonds. The lowest BCUT2D eigenvalue weighted by Gasteiger charge is -2.11. The van der Waals surface area contributed by atoms with Gasteiger partial charge in [0.05, 0.1) is 11.0 Å². The molecule has 0 fully saturated rings. The average Bonchev–Trinajstić information content (AvgIpc) is 2.34. The molecular formula is C11H17N3O3. The fourth-order valence-electron chi connectivity index (χ4n) is 1.45. The lowest BCUT2D eigenvalue weighted by molar-refractivity contribution is -0.384. The molecule has 0 bridgehead atoms. The second-order valence-electron chi connectivity index (χ2n) is 3.69. The number of nitro benzene ring substituents is 1. The largest absolute Gasteiger partial charge is 0.388 e. The number of non-ortho nitro benzene ring substituents is 1. The topological polar surface area (TPSA) is 101 Å². The van der Waals surface area contributed by atoms with Crippen LogP contribution < -0.4 is 11.1 Å². The van der Waals surface area contributed by atoms with E-state index in [9.17, 15) is 15.2 Å². The van der Waals surface area contributed by atoms with Crippen molar-refractivity contribution in [1.82, 2.24) is 5.32 Å². The number of hydrogen-bond acceptors (Lipinski definition) is 5. The molecule has 94 valence electrons. The SMILES string of the molecule is NCCNCCC(O)c1ccc([N+](=O)[O-])cc1. The minimum absolute atomic E-state index is 0.0298. The van der Waals surface area contributed by atoms with Gasteiger partial charge in [0.25, 0.3) is 5.69 Å². The average molecular weight is 239 g/mol. The lowest BCUT2D eigenvalue weighted by Crippen LogP contribution is -2.24. The Morgan fingerprint density at radius 1 is 1.35 bits per heavy atom. The summed E-state index contributed by atoms with van der Waals surface area (Å²) in [6.07, 6.45) is -0.0567. The molecule has 0 heterocycles. The van der Waals surface area contributed by atoms with Crippen molar-refractivity contribution >= 4 is 5.69 Å². The first-order valence-electron chi connectivity index (χ1n) is 5.48. The Kier molecular flexibility index (Phi) is 5.55. The van der Waals surface area contributed by atoms with Crippen LogP contribution in [0.2, 0.25) is 0 Å². The number of nitrogens with zero attached hydrogens (tertiary/aromatic N) is 1. The smallest absolute Gasteiger partial charge is 0.269 e. The Labute approximate surface area is 99.6 Å². The van der Waals surface area contributed by atoms with Gasteiger partial charge in [-0.3, -0.25) is 10.1 Å². The molecule has 0 aliphatic heterocycles. The summed E-state index contributed by atoms with van der Waals surface area (Å²) in [4.78, 5) is 9.99. The molecule has 0 radical (unpaired) electrons. The Bertz CT molecular complexity index is 353. The maximum Gasteiger partial charge on any atom is 0.269 e. The molecule has 0 spiro atoms. The van der Waals surface area contributed by atoms with Crippen molar-refractivity contribution in [1.29, 1.82) is 0 Å². The molecule has 17 heavy (non-hydrogen) atoms. The van der Waals surface area contributed by atoms with E-state index < -0.39 is 11.0 Å². The highest BCUT2D eigenvalue weighted by atomic mass is 16.6. The second-order valence-corrected chi connectivity index (χ2v) is 3.69. The van der Waals surface area contributed by atoms with Crippen molar-refractivity contribution in [2.75, 3.05) is 19.6 Å². The normalized spacial score (nSPS) is 12.4. The number of benzene rings is 1. The van der Waals surface area contributed by atoms with E-state index in [4.69, 9.17) is 5.73 Å². The first kappa shape index (κ1) is 13.6. The molecular weight excluding hydrogens is 222 g/mol. The molecule has 1 rings (SSSR count). The standard InChI is InChI=1S/C11H17N3O3/c12-6-8-13-7-5-11(15)9-1-3-10(4-2-9)14(16)17/h1-4,11,13,15H,5-8,12H2. The first-order valence-corrected chi connectivity index (χ1v) is 5.48. The van der Waals surface area contributed by atoms with Crippen molar-refractivity contribution in [3.05, 3.63) is 39.9 Å². The number of nitro groups is 1. The number of nitrogens with one attached hydrogen (secondary N) is 1. The molecule has 1 atom stereocenters. The van der Waals surface area contributed by atoms with Crippen molar-refractivity contribution in [2.45, 2.75) is 12.5 Å². The Morgan fingerprint density at radius 2 is 2.00 bits per heavy atom. The monoisotopic (exact) mass is 239 g/mol. The molecule has 4 N–H and O–H groups in total. The van der Waals surface area contributed by atoms with Gasteiger partial charge in [0, 0.05) is 25.2 Å². The van der Waals surface area contributed by atoms with Crippen molar-refractivity contribution < 1.29 is 10.0 Å². The zero-order chi connectivity index (χ0) is 12.7. The fourth-order valence-corrected chi connectivity index (χ4v) is 1.45. The summed E-state index contributed by atoms with van der Waals surface area (Å²) in [7, 11) is 0. The third-order valence-corrected chi connectivity index (χ3v) is 2.40. The van der Waals surface area contributed by atoms with Crippen LogP contribution in [0.15, 0.2) is 24.3 Å².